The maximum Gasteiger partial charge on any atom is 0.224 e. The maximum atomic E-state index is 13.9. The first-order chi connectivity index (χ1) is 9.61. The van der Waals surface area contributed by atoms with Gasteiger partial charge in [0.15, 0.2) is 11.6 Å². The lowest BCUT2D eigenvalue weighted by molar-refractivity contribution is 0.607. The van der Waals surface area contributed by atoms with Crippen LogP contribution < -0.4 is 10.2 Å². The Hall–Kier alpha value is -2.17. The van der Waals surface area contributed by atoms with E-state index in [4.69, 9.17) is 0 Å². The molecule has 20 heavy (non-hydrogen) atoms. The van der Waals surface area contributed by atoms with E-state index in [-0.39, 0.29) is 0 Å². The number of benzene rings is 1. The molecule has 1 heterocycles. The van der Waals surface area contributed by atoms with E-state index >= 15 is 0 Å². The first-order valence-corrected chi connectivity index (χ1v) is 6.64. The fraction of sp³-hybridized carbons (Fsp3) is 0.333. The standard InChI is InChI=1S/C15H19FN4/c1-4-17-15-18-9-13(16)14(19-15)20(3)10-12-8-6-5-7-11(12)2/h5-9H,4,10H2,1-3H3,(H,17,18,19). The SMILES string of the molecule is CCNc1ncc(F)c(N(C)Cc2ccccc2C)n1. The molecule has 0 unspecified atom stereocenters. The highest BCUT2D eigenvalue weighted by Crippen LogP contribution is 2.19. The molecule has 2 aromatic rings. The summed E-state index contributed by atoms with van der Waals surface area (Å²) in [5, 5.41) is 2.99. The van der Waals surface area contributed by atoms with Crippen molar-refractivity contribution in [2.75, 3.05) is 23.8 Å². The predicted molar refractivity (Wildman–Crippen MR) is 79.4 cm³/mol. The number of nitrogens with zero attached hydrogens (tertiary/aromatic N) is 3. The lowest BCUT2D eigenvalue weighted by Gasteiger charge is -2.20. The number of hydrogen-bond donors (Lipinski definition) is 1. The van der Waals surface area contributed by atoms with Gasteiger partial charge in [-0.2, -0.15) is 4.98 Å². The predicted octanol–water partition coefficient (Wildman–Crippen LogP) is 2.99. The van der Waals surface area contributed by atoms with Crippen molar-refractivity contribution in [2.45, 2.75) is 20.4 Å². The summed E-state index contributed by atoms with van der Waals surface area (Å²) in [5.41, 5.74) is 2.33. The Morgan fingerprint density at radius 1 is 1.30 bits per heavy atom. The summed E-state index contributed by atoms with van der Waals surface area (Å²) >= 11 is 0. The highest BCUT2D eigenvalue weighted by molar-refractivity contribution is 5.44. The fourth-order valence-electron chi connectivity index (χ4n) is 1.99. The lowest BCUT2D eigenvalue weighted by Crippen LogP contribution is -2.20. The Labute approximate surface area is 118 Å². The molecule has 0 aliphatic carbocycles. The highest BCUT2D eigenvalue weighted by atomic mass is 19.1. The molecule has 1 aromatic carbocycles. The Morgan fingerprint density at radius 3 is 2.75 bits per heavy atom. The second-order valence-electron chi connectivity index (χ2n) is 4.68. The molecule has 1 aromatic heterocycles. The third-order valence-electron chi connectivity index (χ3n) is 3.09. The monoisotopic (exact) mass is 274 g/mol. The molecule has 0 aliphatic heterocycles. The van der Waals surface area contributed by atoms with Gasteiger partial charge in [-0.05, 0) is 25.0 Å². The topological polar surface area (TPSA) is 41.1 Å². The lowest BCUT2D eigenvalue weighted by atomic mass is 10.1. The van der Waals surface area contributed by atoms with E-state index in [1.54, 1.807) is 4.90 Å². The van der Waals surface area contributed by atoms with Gasteiger partial charge < -0.3 is 10.2 Å². The molecule has 0 atom stereocenters. The van der Waals surface area contributed by atoms with Gasteiger partial charge in [-0.15, -0.1) is 0 Å². The zero-order valence-electron chi connectivity index (χ0n) is 12.0. The molecule has 0 saturated carbocycles. The van der Waals surface area contributed by atoms with Crippen LogP contribution in [0.5, 0.6) is 0 Å². The number of anilines is 2. The number of aromatic nitrogens is 2. The summed E-state index contributed by atoms with van der Waals surface area (Å²) in [7, 11) is 1.83. The first kappa shape index (κ1) is 14.2. The molecule has 106 valence electrons. The Balaban J connectivity index is 2.22. The average molecular weight is 274 g/mol. The highest BCUT2D eigenvalue weighted by Gasteiger charge is 2.12. The Morgan fingerprint density at radius 2 is 2.05 bits per heavy atom. The zero-order valence-corrected chi connectivity index (χ0v) is 12.0. The summed E-state index contributed by atoms with van der Waals surface area (Å²) < 4.78 is 13.9. The molecule has 4 nitrogen and oxygen atoms in total. The van der Waals surface area contributed by atoms with Crippen LogP contribution in [0.3, 0.4) is 0 Å². The van der Waals surface area contributed by atoms with Gasteiger partial charge in [0.2, 0.25) is 5.95 Å². The molecule has 0 bridgehead atoms. The normalized spacial score (nSPS) is 10.4. The number of halogens is 1. The second-order valence-corrected chi connectivity index (χ2v) is 4.68. The largest absolute Gasteiger partial charge is 0.354 e. The number of hydrogen-bond acceptors (Lipinski definition) is 4. The summed E-state index contributed by atoms with van der Waals surface area (Å²) in [4.78, 5) is 9.92. The molecule has 0 aliphatic rings. The van der Waals surface area contributed by atoms with E-state index < -0.39 is 5.82 Å². The summed E-state index contributed by atoms with van der Waals surface area (Å²) in [5.74, 6) is 0.336. The van der Waals surface area contributed by atoms with Crippen molar-refractivity contribution in [1.29, 1.82) is 0 Å². The van der Waals surface area contributed by atoms with Gasteiger partial charge in [-0.3, -0.25) is 0 Å². The van der Waals surface area contributed by atoms with Crippen LogP contribution in [0.4, 0.5) is 16.2 Å². The van der Waals surface area contributed by atoms with Crippen LogP contribution in [0, 0.1) is 12.7 Å². The summed E-state index contributed by atoms with van der Waals surface area (Å²) in [6.07, 6.45) is 1.20. The van der Waals surface area contributed by atoms with Crippen molar-refractivity contribution < 1.29 is 4.39 Å². The minimum absolute atomic E-state index is 0.305. The van der Waals surface area contributed by atoms with E-state index in [9.17, 15) is 4.39 Å². The Bertz CT molecular complexity index is 586. The smallest absolute Gasteiger partial charge is 0.224 e. The van der Waals surface area contributed by atoms with E-state index in [1.807, 2.05) is 45.2 Å². The second kappa shape index (κ2) is 6.32. The summed E-state index contributed by atoms with van der Waals surface area (Å²) in [6.45, 7) is 5.30. The van der Waals surface area contributed by atoms with E-state index in [0.717, 1.165) is 5.56 Å². The number of nitrogens with one attached hydrogen (secondary N) is 1. The quantitative estimate of drug-likeness (QED) is 0.910. The minimum Gasteiger partial charge on any atom is -0.354 e. The van der Waals surface area contributed by atoms with Crippen LogP contribution in [0.15, 0.2) is 30.5 Å². The van der Waals surface area contributed by atoms with Gasteiger partial charge in [0.1, 0.15) is 0 Å². The third kappa shape index (κ3) is 3.23. The summed E-state index contributed by atoms with van der Waals surface area (Å²) in [6, 6.07) is 8.06. The van der Waals surface area contributed by atoms with Crippen LogP contribution in [0.25, 0.3) is 0 Å². The van der Waals surface area contributed by atoms with Gasteiger partial charge in [-0.1, -0.05) is 24.3 Å². The molecule has 2 rings (SSSR count). The van der Waals surface area contributed by atoms with Crippen molar-refractivity contribution in [3.63, 3.8) is 0 Å². The van der Waals surface area contributed by atoms with Crippen molar-refractivity contribution in [1.82, 2.24) is 9.97 Å². The van der Waals surface area contributed by atoms with Crippen LogP contribution in [-0.4, -0.2) is 23.6 Å². The van der Waals surface area contributed by atoms with Gasteiger partial charge in [0.25, 0.3) is 0 Å². The molecule has 1 N–H and O–H groups in total. The molecule has 5 heteroatoms. The van der Waals surface area contributed by atoms with Gasteiger partial charge in [0, 0.05) is 20.1 Å². The van der Waals surface area contributed by atoms with Crippen LogP contribution in [0.2, 0.25) is 0 Å². The van der Waals surface area contributed by atoms with E-state index in [2.05, 4.69) is 15.3 Å². The average Bonchev–Trinajstić information content (AvgIpc) is 2.43. The zero-order chi connectivity index (χ0) is 14.5. The van der Waals surface area contributed by atoms with Crippen LogP contribution in [-0.2, 0) is 6.54 Å². The first-order valence-electron chi connectivity index (χ1n) is 6.64. The molecular formula is C15H19FN4. The van der Waals surface area contributed by atoms with E-state index in [0.29, 0.717) is 24.9 Å². The van der Waals surface area contributed by atoms with Gasteiger partial charge >= 0.3 is 0 Å². The van der Waals surface area contributed by atoms with Crippen molar-refractivity contribution in [2.24, 2.45) is 0 Å². The Kier molecular flexibility index (Phi) is 4.50. The number of aryl methyl sites for hydroxylation is 1. The van der Waals surface area contributed by atoms with Crippen molar-refractivity contribution in [3.05, 3.63) is 47.4 Å². The number of rotatable bonds is 5. The molecule has 0 radical (unpaired) electrons. The third-order valence-corrected chi connectivity index (χ3v) is 3.09. The fourth-order valence-corrected chi connectivity index (χ4v) is 1.99. The van der Waals surface area contributed by atoms with Crippen LogP contribution >= 0.6 is 0 Å². The molecule has 0 saturated heterocycles. The van der Waals surface area contributed by atoms with Gasteiger partial charge in [0.05, 0.1) is 6.20 Å². The van der Waals surface area contributed by atoms with Crippen LogP contribution in [0.1, 0.15) is 18.1 Å². The van der Waals surface area contributed by atoms with E-state index in [1.165, 1.54) is 11.8 Å². The maximum absolute atomic E-state index is 13.9. The van der Waals surface area contributed by atoms with Gasteiger partial charge in [-0.25, -0.2) is 9.37 Å². The minimum atomic E-state index is -0.414. The molecule has 0 fully saturated rings. The molecular weight excluding hydrogens is 255 g/mol. The molecule has 0 spiro atoms. The molecule has 0 amide bonds. The van der Waals surface area contributed by atoms with Crippen molar-refractivity contribution in [3.8, 4) is 0 Å². The van der Waals surface area contributed by atoms with Crippen molar-refractivity contribution >= 4 is 11.8 Å².